The molecule has 6 atom stereocenters. The van der Waals surface area contributed by atoms with Crippen molar-refractivity contribution in [1.82, 2.24) is 25.4 Å². The number of carbonyl (C=O) groups excluding carboxylic acids is 5. The second-order valence-electron chi connectivity index (χ2n) is 15.7. The molecule has 47 heavy (non-hydrogen) atoms. The second-order valence-corrected chi connectivity index (χ2v) is 15.7. The van der Waals surface area contributed by atoms with Crippen molar-refractivity contribution in [3.63, 3.8) is 0 Å². The number of urea groups is 1. The predicted molar refractivity (Wildman–Crippen MR) is 179 cm³/mol. The Balaban J connectivity index is 1.52. The van der Waals surface area contributed by atoms with E-state index in [-0.39, 0.29) is 59.6 Å². The highest BCUT2D eigenvalue weighted by Gasteiger charge is 2.70. The maximum absolute atomic E-state index is 14.3. The molecule has 0 radical (unpaired) electrons. The standard InChI is InChI=1S/C36H53N5O6/c1-9-10-13-26(42)30(44)24(18-22-15-16-22)37-32(45)29-28-23(36(28,7)8)19-41(29)33(46)31(35(4,5)6)39-34(47)38-25(21(2)3)20-40-17-12-11-14-27(40)43/h9,11-12,14,17,21-25,28-29,31H,1,10,13,15-16,18-20H2,2-8H3,(H,37,45)(H2,38,39,47)/t23-,24?,25+,28-,29-,31+/m0/s1. The van der Waals surface area contributed by atoms with E-state index in [9.17, 15) is 28.8 Å². The molecule has 2 saturated carbocycles. The van der Waals surface area contributed by atoms with Crippen LogP contribution in [0.15, 0.2) is 41.8 Å². The van der Waals surface area contributed by atoms with Crippen molar-refractivity contribution in [2.24, 2.45) is 34.5 Å². The van der Waals surface area contributed by atoms with E-state index in [4.69, 9.17) is 0 Å². The number of nitrogens with zero attached hydrogens (tertiary/aromatic N) is 2. The molecule has 4 amide bonds. The maximum Gasteiger partial charge on any atom is 0.315 e. The van der Waals surface area contributed by atoms with Gasteiger partial charge in [0.15, 0.2) is 0 Å². The molecule has 1 unspecified atom stereocenters. The van der Waals surface area contributed by atoms with Crippen molar-refractivity contribution in [2.45, 2.75) is 111 Å². The normalized spacial score (nSPS) is 23.2. The molecule has 1 aromatic heterocycles. The van der Waals surface area contributed by atoms with Gasteiger partial charge in [0.05, 0.1) is 12.1 Å². The van der Waals surface area contributed by atoms with Crippen molar-refractivity contribution < 1.29 is 24.0 Å². The highest BCUT2D eigenvalue weighted by molar-refractivity contribution is 6.39. The van der Waals surface area contributed by atoms with Crippen LogP contribution >= 0.6 is 0 Å². The minimum atomic E-state index is -0.963. The molecule has 1 aliphatic heterocycles. The Kier molecular flexibility index (Phi) is 10.9. The Bertz CT molecular complexity index is 1440. The number of fused-ring (bicyclic) bond motifs is 1. The lowest BCUT2D eigenvalue weighted by Crippen LogP contribution is -2.62. The van der Waals surface area contributed by atoms with Crippen LogP contribution in [0.1, 0.15) is 80.6 Å². The van der Waals surface area contributed by atoms with Gasteiger partial charge in [-0.25, -0.2) is 4.79 Å². The Morgan fingerprint density at radius 2 is 1.74 bits per heavy atom. The summed E-state index contributed by atoms with van der Waals surface area (Å²) < 4.78 is 1.53. The summed E-state index contributed by atoms with van der Waals surface area (Å²) >= 11 is 0. The number of amides is 4. The van der Waals surface area contributed by atoms with Crippen LogP contribution in [-0.2, 0) is 25.7 Å². The van der Waals surface area contributed by atoms with Crippen LogP contribution in [-0.4, -0.2) is 69.6 Å². The number of Topliss-reactive ketones (excluding diaryl/α,β-unsaturated/α-hetero) is 2. The van der Waals surface area contributed by atoms with Gasteiger partial charge in [0, 0.05) is 31.8 Å². The molecule has 2 aliphatic carbocycles. The largest absolute Gasteiger partial charge is 0.344 e. The zero-order valence-electron chi connectivity index (χ0n) is 29.0. The maximum atomic E-state index is 14.3. The number of hydrogen-bond acceptors (Lipinski definition) is 6. The molecular formula is C36H53N5O6. The fraction of sp³-hybridized carbons (Fsp3) is 0.667. The molecular weight excluding hydrogens is 598 g/mol. The summed E-state index contributed by atoms with van der Waals surface area (Å²) in [6, 6.07) is 1.22. The van der Waals surface area contributed by atoms with Gasteiger partial charge in [-0.15, -0.1) is 6.58 Å². The minimum Gasteiger partial charge on any atom is -0.344 e. The molecule has 0 bridgehead atoms. The first-order valence-electron chi connectivity index (χ1n) is 17.0. The fourth-order valence-electron chi connectivity index (χ4n) is 6.94. The van der Waals surface area contributed by atoms with Gasteiger partial charge in [0.1, 0.15) is 12.1 Å². The summed E-state index contributed by atoms with van der Waals surface area (Å²) in [5, 5.41) is 8.74. The first kappa shape index (κ1) is 36.1. The third-order valence-electron chi connectivity index (χ3n) is 10.3. The molecule has 0 aromatic carbocycles. The van der Waals surface area contributed by atoms with Gasteiger partial charge in [0.2, 0.25) is 23.4 Å². The minimum absolute atomic E-state index is 0.00686. The molecule has 1 saturated heterocycles. The van der Waals surface area contributed by atoms with Crippen molar-refractivity contribution in [3.05, 3.63) is 47.4 Å². The van der Waals surface area contributed by atoms with E-state index < -0.39 is 47.0 Å². The average molecular weight is 652 g/mol. The molecule has 3 aliphatic rings. The summed E-state index contributed by atoms with van der Waals surface area (Å²) in [6.45, 7) is 17.9. The quantitative estimate of drug-likeness (QED) is 0.196. The number of allylic oxidation sites excluding steroid dienone is 1. The highest BCUT2D eigenvalue weighted by atomic mass is 16.2. The number of likely N-dealkylation sites (tertiary alicyclic amines) is 1. The molecule has 4 rings (SSSR count). The third kappa shape index (κ3) is 8.40. The summed E-state index contributed by atoms with van der Waals surface area (Å²) in [5.41, 5.74) is -1.05. The first-order valence-corrected chi connectivity index (χ1v) is 17.0. The fourth-order valence-corrected chi connectivity index (χ4v) is 6.94. The van der Waals surface area contributed by atoms with Gasteiger partial charge in [-0.2, -0.15) is 0 Å². The lowest BCUT2D eigenvalue weighted by Gasteiger charge is -2.38. The molecule has 258 valence electrons. The van der Waals surface area contributed by atoms with Gasteiger partial charge < -0.3 is 25.4 Å². The van der Waals surface area contributed by atoms with Gasteiger partial charge in [0.25, 0.3) is 5.56 Å². The molecule has 11 nitrogen and oxygen atoms in total. The van der Waals surface area contributed by atoms with Crippen LogP contribution < -0.4 is 21.5 Å². The molecule has 0 spiro atoms. The average Bonchev–Trinajstić information content (AvgIpc) is 3.85. The number of piperidine rings is 1. The van der Waals surface area contributed by atoms with E-state index in [1.54, 1.807) is 29.3 Å². The first-order chi connectivity index (χ1) is 22.0. The van der Waals surface area contributed by atoms with Crippen LogP contribution in [0.25, 0.3) is 0 Å². The SMILES string of the molecule is C=CCCC(=O)C(=O)C(CC1CC1)NC(=O)[C@@H]1[C@@H]2[C@H](CN1C(=O)[C@@H](NC(=O)N[C@H](Cn1ccccc1=O)C(C)C)C(C)(C)C)C2(C)C. The molecule has 3 fully saturated rings. The third-order valence-corrected chi connectivity index (χ3v) is 10.3. The lowest BCUT2D eigenvalue weighted by molar-refractivity contribution is -0.145. The number of nitrogens with one attached hydrogen (secondary N) is 3. The Labute approximate surface area is 278 Å². The van der Waals surface area contributed by atoms with Gasteiger partial charge in [-0.1, -0.05) is 73.5 Å². The van der Waals surface area contributed by atoms with Crippen LogP contribution in [0.2, 0.25) is 0 Å². The van der Waals surface area contributed by atoms with Crippen LogP contribution in [0.5, 0.6) is 0 Å². The summed E-state index contributed by atoms with van der Waals surface area (Å²) in [5.74, 6) is -1.67. The van der Waals surface area contributed by atoms with Crippen molar-refractivity contribution in [1.29, 1.82) is 0 Å². The zero-order valence-corrected chi connectivity index (χ0v) is 29.0. The summed E-state index contributed by atoms with van der Waals surface area (Å²) in [4.78, 5) is 81.5. The Morgan fingerprint density at radius 3 is 2.32 bits per heavy atom. The Morgan fingerprint density at radius 1 is 1.06 bits per heavy atom. The van der Waals surface area contributed by atoms with Gasteiger partial charge in [-0.05, 0) is 53.4 Å². The highest BCUT2D eigenvalue weighted by Crippen LogP contribution is 2.65. The molecule has 11 heteroatoms. The number of aromatic nitrogens is 1. The number of rotatable bonds is 15. The van der Waals surface area contributed by atoms with E-state index in [0.29, 0.717) is 19.4 Å². The van der Waals surface area contributed by atoms with Crippen LogP contribution in [0, 0.1) is 34.5 Å². The van der Waals surface area contributed by atoms with Crippen molar-refractivity contribution >= 4 is 29.4 Å². The van der Waals surface area contributed by atoms with Crippen molar-refractivity contribution in [3.8, 4) is 0 Å². The van der Waals surface area contributed by atoms with E-state index in [2.05, 4.69) is 36.4 Å². The smallest absolute Gasteiger partial charge is 0.315 e. The number of pyridine rings is 1. The van der Waals surface area contributed by atoms with Gasteiger partial charge in [-0.3, -0.25) is 24.0 Å². The summed E-state index contributed by atoms with van der Waals surface area (Å²) in [6.07, 6.45) is 6.00. The Hall–Kier alpha value is -3.76. The van der Waals surface area contributed by atoms with E-state index in [1.807, 2.05) is 34.6 Å². The molecule has 2 heterocycles. The molecule has 1 aromatic rings. The molecule has 3 N–H and O–H groups in total. The lowest BCUT2D eigenvalue weighted by atomic mass is 9.85. The van der Waals surface area contributed by atoms with Crippen LogP contribution in [0.3, 0.4) is 0 Å². The number of hydrogen-bond donors (Lipinski definition) is 3. The zero-order chi connectivity index (χ0) is 34.8. The number of ketones is 2. The second kappa shape index (κ2) is 14.2. The summed E-state index contributed by atoms with van der Waals surface area (Å²) in [7, 11) is 0. The predicted octanol–water partition coefficient (Wildman–Crippen LogP) is 3.46. The van der Waals surface area contributed by atoms with E-state index in [0.717, 1.165) is 12.8 Å². The van der Waals surface area contributed by atoms with Gasteiger partial charge >= 0.3 is 6.03 Å². The number of carbonyl (C=O) groups is 5. The topological polar surface area (TPSA) is 147 Å². The van der Waals surface area contributed by atoms with E-state index >= 15 is 0 Å². The monoisotopic (exact) mass is 651 g/mol. The van der Waals surface area contributed by atoms with Crippen LogP contribution in [0.4, 0.5) is 4.79 Å². The van der Waals surface area contributed by atoms with Crippen molar-refractivity contribution in [2.75, 3.05) is 6.54 Å². The van der Waals surface area contributed by atoms with E-state index in [1.165, 1.54) is 10.6 Å².